The van der Waals surface area contributed by atoms with E-state index in [0.29, 0.717) is 0 Å². The molecule has 320 valence electrons. The van der Waals surface area contributed by atoms with E-state index in [1.54, 1.807) is 13.0 Å². The van der Waals surface area contributed by atoms with E-state index in [1.165, 1.54) is 6.08 Å². The summed E-state index contributed by atoms with van der Waals surface area (Å²) in [6.07, 6.45) is 9.89. The van der Waals surface area contributed by atoms with Gasteiger partial charge < -0.3 is 32.7 Å². The number of carbonyl (C=O) groups is 4. The van der Waals surface area contributed by atoms with E-state index in [4.69, 9.17) is 35.1 Å². The first-order valence-corrected chi connectivity index (χ1v) is 19.5. The number of hydrogen-bond acceptors (Lipinski definition) is 16. The molecule has 21 nitrogen and oxygen atoms in total. The van der Waals surface area contributed by atoms with Crippen molar-refractivity contribution in [1.29, 1.82) is 5.26 Å². The van der Waals surface area contributed by atoms with Crippen LogP contribution in [0, 0.1) is 18.3 Å². The summed E-state index contributed by atoms with van der Waals surface area (Å²) < 4.78 is 113. The predicted octanol–water partition coefficient (Wildman–Crippen LogP) is -6.20. The summed E-state index contributed by atoms with van der Waals surface area (Å²) in [7, 11) is -15.0. The summed E-state index contributed by atoms with van der Waals surface area (Å²) in [5, 5.41) is 17.1. The third-order valence-corrected chi connectivity index (χ3v) is 6.25. The molecule has 0 aliphatic carbocycles. The molecule has 0 aromatic carbocycles. The molecule has 0 aliphatic rings. The van der Waals surface area contributed by atoms with E-state index < -0.39 is 101 Å². The van der Waals surface area contributed by atoms with E-state index in [-0.39, 0.29) is 79.4 Å². The maximum absolute atomic E-state index is 11.2. The number of hydrogen-bond donors (Lipinski definition) is 5. The Labute approximate surface area is 388 Å². The van der Waals surface area contributed by atoms with Crippen LogP contribution in [-0.2, 0) is 60.6 Å². The normalized spacial score (nSPS) is 10.8. The standard InChI is InChI=1S/C11H18N2O5S.C11H17N2O5S.C5H8.C3H3N.CH4.2Na.2O3S/c2*1-4-10(14)12-8(3)6-9(7-19(16,17)18)13-11(15)5-2;1-3-5-4-2;1-2-3-4;;;;2*1-4(2)3/h4-5,8-9H,1-2,6-7H2,3H3,(H,12,14)(H,13,15)(H,16,17,18);4-5,8-9H,1-3,6-7H2,(H,12,14)(H,13,15)(H,16,17,18);3-4H,1-2,5H2;2H,1H2;1H4;;;;/q;-1;;;;2*+1;;/p-1. The molecule has 4 atom stereocenters. The number of nitrogens with one attached hydrogen (secondary N) is 4. The molecule has 0 rings (SSSR count). The Kier molecular flexibility index (Phi) is 62.4. The number of nitrogens with zero attached hydrogens (tertiary/aromatic N) is 1. The molecule has 0 heterocycles. The molecule has 0 fully saturated rings. The minimum absolute atomic E-state index is 0. The van der Waals surface area contributed by atoms with E-state index in [0.717, 1.165) is 30.7 Å². The fourth-order valence-electron chi connectivity index (χ4n) is 2.93. The van der Waals surface area contributed by atoms with Crippen LogP contribution in [0.15, 0.2) is 88.6 Å². The zero-order valence-corrected chi connectivity index (χ0v) is 39.0. The molecule has 0 aliphatic heterocycles. The van der Waals surface area contributed by atoms with Crippen LogP contribution in [0.3, 0.4) is 0 Å². The Morgan fingerprint density at radius 2 is 1.00 bits per heavy atom. The maximum Gasteiger partial charge on any atom is 1.00 e. The zero-order valence-electron chi connectivity index (χ0n) is 31.7. The second-order valence-electron chi connectivity index (χ2n) is 9.34. The summed E-state index contributed by atoms with van der Waals surface area (Å²) in [5.41, 5.74) is 0. The Bertz CT molecular complexity index is 1650. The van der Waals surface area contributed by atoms with Gasteiger partial charge in [-0.1, -0.05) is 58.5 Å². The third-order valence-electron chi connectivity index (χ3n) is 4.62. The first-order chi connectivity index (χ1) is 25.1. The predicted molar refractivity (Wildman–Crippen MR) is 207 cm³/mol. The number of rotatable bonds is 18. The van der Waals surface area contributed by atoms with Crippen molar-refractivity contribution in [3.05, 3.63) is 95.5 Å². The van der Waals surface area contributed by atoms with Crippen molar-refractivity contribution in [2.24, 2.45) is 0 Å². The smallest absolute Gasteiger partial charge is 0.748 e. The molecule has 5 N–H and O–H groups in total. The van der Waals surface area contributed by atoms with Gasteiger partial charge in [0.2, 0.25) is 23.6 Å². The van der Waals surface area contributed by atoms with Gasteiger partial charge in [0.25, 0.3) is 10.1 Å². The van der Waals surface area contributed by atoms with E-state index in [1.807, 2.05) is 12.2 Å². The summed E-state index contributed by atoms with van der Waals surface area (Å²) in [6.45, 7) is 28.3. The maximum atomic E-state index is 11.2. The van der Waals surface area contributed by atoms with Crippen molar-refractivity contribution >= 4 is 65.1 Å². The van der Waals surface area contributed by atoms with Crippen LogP contribution in [0.4, 0.5) is 0 Å². The van der Waals surface area contributed by atoms with E-state index in [9.17, 15) is 40.6 Å². The number of carbonyl (C=O) groups excluding carboxylic acids is 4. The van der Waals surface area contributed by atoms with Gasteiger partial charge in [-0.15, -0.1) is 38.4 Å². The topological polar surface area (TPSA) is 354 Å². The quantitative estimate of drug-likeness (QED) is 0.0213. The van der Waals surface area contributed by atoms with Crippen LogP contribution in [0.1, 0.15) is 33.6 Å². The van der Waals surface area contributed by atoms with Crippen molar-refractivity contribution < 1.29 is 129 Å². The summed E-state index contributed by atoms with van der Waals surface area (Å²) >= 11 is 0. The minimum Gasteiger partial charge on any atom is -0.748 e. The molecule has 4 amide bonds. The van der Waals surface area contributed by atoms with Crippen LogP contribution in [0.5, 0.6) is 0 Å². The molecule has 0 aromatic rings. The van der Waals surface area contributed by atoms with Crippen LogP contribution in [0.25, 0.3) is 0 Å². The largest absolute Gasteiger partial charge is 1.00 e. The number of nitriles is 1. The molecular formula is C31H49N5Na2O16S4. The SMILES string of the molecule is C.C=CC#N.C=CC(=O)NC(C)CC(CS(=O)(=O)O)NC(=O)C=C.C=CC(=O)NC([CH2-])CC(CS(=O)(=O)[O-])NC(=O)C=C.C=CCC=C.O=S(=O)=O.O=S(=O)=O.[Na+].[Na+]. The van der Waals surface area contributed by atoms with Gasteiger partial charge in [-0.25, -0.2) is 8.42 Å². The summed E-state index contributed by atoms with van der Waals surface area (Å²) in [5.74, 6) is -3.50. The monoisotopic (exact) mass is 921 g/mol. The molecule has 4 unspecified atom stereocenters. The van der Waals surface area contributed by atoms with Gasteiger partial charge in [0.1, 0.15) is 0 Å². The minimum atomic E-state index is -4.52. The molecular weight excluding hydrogens is 873 g/mol. The van der Waals surface area contributed by atoms with Crippen LogP contribution in [0.2, 0.25) is 0 Å². The van der Waals surface area contributed by atoms with Gasteiger partial charge in [-0.3, -0.25) is 23.7 Å². The van der Waals surface area contributed by atoms with Gasteiger partial charge in [0.05, 0.1) is 27.7 Å². The van der Waals surface area contributed by atoms with Crippen molar-refractivity contribution in [2.45, 2.75) is 57.8 Å². The summed E-state index contributed by atoms with van der Waals surface area (Å²) in [6, 6.07) is -1.18. The van der Waals surface area contributed by atoms with E-state index >= 15 is 0 Å². The third kappa shape index (κ3) is 80.9. The Morgan fingerprint density at radius 3 is 1.24 bits per heavy atom. The van der Waals surface area contributed by atoms with Crippen molar-refractivity contribution in [2.75, 3.05) is 11.5 Å². The molecule has 0 saturated carbocycles. The van der Waals surface area contributed by atoms with Gasteiger partial charge in [0, 0.05) is 24.2 Å². The van der Waals surface area contributed by atoms with Gasteiger partial charge in [0.15, 0.2) is 0 Å². The number of amides is 4. The fraction of sp³-hybridized carbons (Fsp3) is 0.355. The molecule has 0 saturated heterocycles. The molecule has 0 radical (unpaired) electrons. The van der Waals surface area contributed by atoms with Gasteiger partial charge >= 0.3 is 80.3 Å². The second-order valence-corrected chi connectivity index (χ2v) is 13.1. The molecule has 0 aromatic heterocycles. The Balaban J connectivity index is -0.0000000816. The van der Waals surface area contributed by atoms with Crippen molar-refractivity contribution in [3.63, 3.8) is 0 Å². The van der Waals surface area contributed by atoms with Crippen LogP contribution < -0.4 is 80.4 Å². The Morgan fingerprint density at radius 1 is 0.707 bits per heavy atom. The van der Waals surface area contributed by atoms with Crippen LogP contribution in [-0.4, -0.2) is 110 Å². The number of allylic oxidation sites excluding steroid dienone is 3. The van der Waals surface area contributed by atoms with E-state index in [2.05, 4.69) is 74.2 Å². The molecule has 0 bridgehead atoms. The first kappa shape index (κ1) is 75.4. The average Bonchev–Trinajstić information content (AvgIpc) is 3.03. The molecule has 58 heavy (non-hydrogen) atoms. The van der Waals surface area contributed by atoms with Gasteiger partial charge in [-0.2, -0.15) is 13.7 Å². The average molecular weight is 922 g/mol. The zero-order chi connectivity index (χ0) is 44.8. The van der Waals surface area contributed by atoms with Crippen LogP contribution >= 0.6 is 0 Å². The van der Waals surface area contributed by atoms with Gasteiger partial charge in [-0.05, 0) is 50.5 Å². The molecule has 27 heteroatoms. The fourth-order valence-corrected chi connectivity index (χ4v) is 4.37. The second kappa shape index (κ2) is 48.0. The van der Waals surface area contributed by atoms with Crippen molar-refractivity contribution in [3.8, 4) is 6.07 Å². The van der Waals surface area contributed by atoms with Crippen molar-refractivity contribution in [1.82, 2.24) is 21.3 Å². The summed E-state index contributed by atoms with van der Waals surface area (Å²) in [4.78, 5) is 44.4. The molecule has 0 spiro atoms. The first-order valence-electron chi connectivity index (χ1n) is 14.3. The Hall–Kier alpha value is -3.39.